The Balaban J connectivity index is 1.83. The van der Waals surface area contributed by atoms with Gasteiger partial charge in [-0.3, -0.25) is 4.79 Å². The zero-order valence-electron chi connectivity index (χ0n) is 12.0. The molecule has 6 heteroatoms. The molecule has 0 aliphatic carbocycles. The molecule has 2 heterocycles. The summed E-state index contributed by atoms with van der Waals surface area (Å²) in [5.74, 6) is 0.984. The van der Waals surface area contributed by atoms with Gasteiger partial charge in [0, 0.05) is 13.1 Å². The summed E-state index contributed by atoms with van der Waals surface area (Å²) in [4.78, 5) is 14.1. The maximum Gasteiger partial charge on any atom is 0.242 e. The van der Waals surface area contributed by atoms with Gasteiger partial charge in [-0.15, -0.1) is 0 Å². The number of amides is 1. The zero-order valence-corrected chi connectivity index (χ0v) is 12.0. The molecule has 0 aromatic heterocycles. The smallest absolute Gasteiger partial charge is 0.242 e. The van der Waals surface area contributed by atoms with Gasteiger partial charge in [-0.05, 0) is 37.5 Å². The minimum absolute atomic E-state index is 0.166. The average molecular weight is 292 g/mol. The van der Waals surface area contributed by atoms with Crippen molar-refractivity contribution in [1.82, 2.24) is 4.90 Å². The van der Waals surface area contributed by atoms with E-state index in [4.69, 9.17) is 15.2 Å². The number of hydrogen-bond acceptors (Lipinski definition) is 5. The fourth-order valence-electron chi connectivity index (χ4n) is 2.77. The van der Waals surface area contributed by atoms with Crippen molar-refractivity contribution in [2.24, 2.45) is 5.73 Å². The third-order valence-corrected chi connectivity index (χ3v) is 4.25. The van der Waals surface area contributed by atoms with E-state index < -0.39 is 11.6 Å². The molecule has 2 aliphatic rings. The molecule has 0 unspecified atom stereocenters. The second-order valence-corrected chi connectivity index (χ2v) is 5.73. The van der Waals surface area contributed by atoms with Gasteiger partial charge < -0.3 is 25.2 Å². The number of hydrogen-bond donors (Lipinski definition) is 2. The average Bonchev–Trinajstić information content (AvgIpc) is 3.15. The summed E-state index contributed by atoms with van der Waals surface area (Å²) < 4.78 is 10.5. The molecule has 2 atom stereocenters. The first-order valence-electron chi connectivity index (χ1n) is 7.17. The van der Waals surface area contributed by atoms with E-state index in [-0.39, 0.29) is 12.7 Å². The molecule has 2 aliphatic heterocycles. The van der Waals surface area contributed by atoms with Crippen molar-refractivity contribution in [3.8, 4) is 11.5 Å². The Morgan fingerprint density at radius 2 is 2.00 bits per heavy atom. The third-order valence-electron chi connectivity index (χ3n) is 4.25. The lowest BCUT2D eigenvalue weighted by Crippen LogP contribution is -2.54. The van der Waals surface area contributed by atoms with Gasteiger partial charge in [-0.2, -0.15) is 0 Å². The number of nitrogens with two attached hydrogens (primary N) is 1. The number of benzene rings is 1. The van der Waals surface area contributed by atoms with Crippen LogP contribution in [0.25, 0.3) is 0 Å². The van der Waals surface area contributed by atoms with Crippen LogP contribution in [-0.2, 0) is 10.4 Å². The number of carbonyl (C=O) groups is 1. The number of aliphatic hydroxyl groups is 1. The molecule has 6 nitrogen and oxygen atoms in total. The van der Waals surface area contributed by atoms with Crippen molar-refractivity contribution < 1.29 is 19.4 Å². The van der Waals surface area contributed by atoms with E-state index in [0.717, 1.165) is 12.8 Å². The van der Waals surface area contributed by atoms with Crippen LogP contribution in [0.4, 0.5) is 0 Å². The first-order chi connectivity index (χ1) is 10.00. The summed E-state index contributed by atoms with van der Waals surface area (Å²) in [5.41, 5.74) is 5.13. The first kappa shape index (κ1) is 14.2. The summed E-state index contributed by atoms with van der Waals surface area (Å²) >= 11 is 0. The van der Waals surface area contributed by atoms with Crippen LogP contribution in [-0.4, -0.2) is 41.8 Å². The van der Waals surface area contributed by atoms with Gasteiger partial charge in [0.05, 0.1) is 0 Å². The molecule has 0 spiro atoms. The molecule has 1 amide bonds. The van der Waals surface area contributed by atoms with E-state index in [0.29, 0.717) is 30.2 Å². The van der Waals surface area contributed by atoms with Gasteiger partial charge in [0.15, 0.2) is 11.5 Å². The highest BCUT2D eigenvalue weighted by Crippen LogP contribution is 2.36. The van der Waals surface area contributed by atoms with Crippen LogP contribution in [0, 0.1) is 0 Å². The number of nitrogens with zero attached hydrogens (tertiary/aromatic N) is 1. The van der Waals surface area contributed by atoms with Crippen LogP contribution in [0.2, 0.25) is 0 Å². The largest absolute Gasteiger partial charge is 0.454 e. The maximum absolute atomic E-state index is 12.4. The van der Waals surface area contributed by atoms with Crippen LogP contribution >= 0.6 is 0 Å². The van der Waals surface area contributed by atoms with Crippen LogP contribution in [0.1, 0.15) is 25.3 Å². The fraction of sp³-hybridized carbons (Fsp3) is 0.533. The van der Waals surface area contributed by atoms with E-state index >= 15 is 0 Å². The standard InChI is InChI=1S/C15H20N2O4/c1-15(19,13(16)14(18)17-6-2-3-7-17)10-4-5-11-12(8-10)21-9-20-11/h4-5,8,13,19H,2-3,6-7,9,16H2,1H3/t13-,15-/m1/s1. The first-order valence-corrected chi connectivity index (χ1v) is 7.17. The molecule has 3 N–H and O–H groups in total. The molecule has 114 valence electrons. The van der Waals surface area contributed by atoms with Crippen LogP contribution in [0.5, 0.6) is 11.5 Å². The van der Waals surface area contributed by atoms with E-state index in [2.05, 4.69) is 0 Å². The highest BCUT2D eigenvalue weighted by Gasteiger charge is 2.39. The van der Waals surface area contributed by atoms with Gasteiger partial charge in [-0.25, -0.2) is 0 Å². The zero-order chi connectivity index (χ0) is 15.0. The highest BCUT2D eigenvalue weighted by molar-refractivity contribution is 5.83. The van der Waals surface area contributed by atoms with Crippen LogP contribution < -0.4 is 15.2 Å². The number of likely N-dealkylation sites (tertiary alicyclic amines) is 1. The normalized spacial score (nSPS) is 21.2. The topological polar surface area (TPSA) is 85.0 Å². The van der Waals surface area contributed by atoms with Gasteiger partial charge in [0.2, 0.25) is 12.7 Å². The van der Waals surface area contributed by atoms with Crippen molar-refractivity contribution in [3.63, 3.8) is 0 Å². The molecule has 1 aromatic rings. The van der Waals surface area contributed by atoms with E-state index in [1.807, 2.05) is 0 Å². The minimum atomic E-state index is -1.46. The second kappa shape index (κ2) is 5.20. The molecule has 3 rings (SSSR count). The Hall–Kier alpha value is -1.79. The van der Waals surface area contributed by atoms with Crippen molar-refractivity contribution in [2.75, 3.05) is 19.9 Å². The van der Waals surface area contributed by atoms with Crippen molar-refractivity contribution in [3.05, 3.63) is 23.8 Å². The number of rotatable bonds is 3. The lowest BCUT2D eigenvalue weighted by atomic mass is 9.87. The molecular formula is C15H20N2O4. The lowest BCUT2D eigenvalue weighted by Gasteiger charge is -2.32. The predicted octanol–water partition coefficient (Wildman–Crippen LogP) is 0.572. The van der Waals surface area contributed by atoms with Gasteiger partial charge in [0.25, 0.3) is 0 Å². The maximum atomic E-state index is 12.4. The molecule has 1 saturated heterocycles. The van der Waals surface area contributed by atoms with Crippen LogP contribution in [0.3, 0.4) is 0 Å². The van der Waals surface area contributed by atoms with Crippen LogP contribution in [0.15, 0.2) is 18.2 Å². The number of ether oxygens (including phenoxy) is 2. The molecule has 1 aromatic carbocycles. The third kappa shape index (κ3) is 2.45. The number of fused-ring (bicyclic) bond motifs is 1. The van der Waals surface area contributed by atoms with Gasteiger partial charge >= 0.3 is 0 Å². The van der Waals surface area contributed by atoms with Gasteiger partial charge in [0.1, 0.15) is 11.6 Å². The molecular weight excluding hydrogens is 272 g/mol. The minimum Gasteiger partial charge on any atom is -0.454 e. The Kier molecular flexibility index (Phi) is 3.51. The highest BCUT2D eigenvalue weighted by atomic mass is 16.7. The molecule has 1 fully saturated rings. The Morgan fingerprint density at radius 1 is 1.33 bits per heavy atom. The summed E-state index contributed by atoms with van der Waals surface area (Å²) in [7, 11) is 0. The number of carbonyl (C=O) groups excluding carboxylic acids is 1. The van der Waals surface area contributed by atoms with E-state index in [9.17, 15) is 9.90 Å². The molecule has 0 radical (unpaired) electrons. The molecule has 0 saturated carbocycles. The van der Waals surface area contributed by atoms with Gasteiger partial charge in [-0.1, -0.05) is 6.07 Å². The molecule has 21 heavy (non-hydrogen) atoms. The summed E-state index contributed by atoms with van der Waals surface area (Å²) in [5, 5.41) is 10.7. The second-order valence-electron chi connectivity index (χ2n) is 5.73. The quantitative estimate of drug-likeness (QED) is 0.851. The Bertz CT molecular complexity index is 553. The van der Waals surface area contributed by atoms with Crippen molar-refractivity contribution in [1.29, 1.82) is 0 Å². The Labute approximate surface area is 123 Å². The summed E-state index contributed by atoms with van der Waals surface area (Å²) in [6.45, 7) is 3.15. The summed E-state index contributed by atoms with van der Waals surface area (Å²) in [6.07, 6.45) is 1.98. The van der Waals surface area contributed by atoms with E-state index in [1.54, 1.807) is 30.0 Å². The summed E-state index contributed by atoms with van der Waals surface area (Å²) in [6, 6.07) is 4.11. The monoisotopic (exact) mass is 292 g/mol. The lowest BCUT2D eigenvalue weighted by molar-refractivity contribution is -0.137. The Morgan fingerprint density at radius 3 is 2.71 bits per heavy atom. The van der Waals surface area contributed by atoms with Crippen molar-refractivity contribution in [2.45, 2.75) is 31.4 Å². The van der Waals surface area contributed by atoms with Crippen molar-refractivity contribution >= 4 is 5.91 Å². The fourth-order valence-corrected chi connectivity index (χ4v) is 2.77. The molecule has 0 bridgehead atoms. The predicted molar refractivity (Wildman–Crippen MR) is 75.9 cm³/mol. The van der Waals surface area contributed by atoms with E-state index in [1.165, 1.54) is 0 Å². The SMILES string of the molecule is C[C@@](O)(c1ccc2c(c1)OCO2)[C@H](N)C(=O)N1CCCC1.